The molecule has 1 aliphatic heterocycles. The molecule has 0 spiro atoms. The van der Waals surface area contributed by atoms with Gasteiger partial charge in [0, 0.05) is 56.5 Å². The van der Waals surface area contributed by atoms with Crippen molar-refractivity contribution in [1.82, 2.24) is 37.2 Å². The van der Waals surface area contributed by atoms with Gasteiger partial charge in [-0.25, -0.2) is 0 Å². The largest absolute Gasteiger partial charge is 0.393 e. The third-order valence-electron chi connectivity index (χ3n) is 16.2. The number of nitrogens with two attached hydrogens (primary N) is 6. The number of aliphatic hydroxyl groups is 2. The van der Waals surface area contributed by atoms with Crippen LogP contribution in [-0.4, -0.2) is 168 Å². The Bertz CT molecular complexity index is 2370. The quantitative estimate of drug-likeness (QED) is 0.0424. The summed E-state index contributed by atoms with van der Waals surface area (Å²) in [5.41, 5.74) is 36.7. The average molecular weight is 1210 g/mol. The van der Waals surface area contributed by atoms with Gasteiger partial charge in [-0.15, -0.1) is 0 Å². The number of carbonyl (C=O) groups excluding carboxylic acids is 11. The summed E-state index contributed by atoms with van der Waals surface area (Å²) < 4.78 is 0. The molecular weight excluding hydrogens is 1110 g/mol. The lowest BCUT2D eigenvalue weighted by molar-refractivity contribution is -0.137. The second-order valence-corrected chi connectivity index (χ2v) is 23.7. The molecule has 2 fully saturated rings. The molecule has 21 N–H and O–H groups in total. The van der Waals surface area contributed by atoms with Gasteiger partial charge in [-0.3, -0.25) is 52.7 Å². The maximum atomic E-state index is 14.7. The van der Waals surface area contributed by atoms with Crippen LogP contribution in [0.15, 0.2) is 30.3 Å². The molecule has 1 aliphatic carbocycles. The molecule has 3 unspecified atom stereocenters. The fourth-order valence-corrected chi connectivity index (χ4v) is 11.1. The lowest BCUT2D eigenvalue weighted by Gasteiger charge is -2.28. The van der Waals surface area contributed by atoms with Crippen molar-refractivity contribution in [2.75, 3.05) is 39.3 Å². The van der Waals surface area contributed by atoms with Gasteiger partial charge in [0.15, 0.2) is 23.1 Å². The summed E-state index contributed by atoms with van der Waals surface area (Å²) in [6.45, 7) is 5.40. The monoisotopic (exact) mass is 1210 g/mol. The summed E-state index contributed by atoms with van der Waals surface area (Å²) >= 11 is 0. The number of hydrogen-bond donors (Lipinski definition) is 15. The minimum atomic E-state index is -1.44. The van der Waals surface area contributed by atoms with E-state index in [1.165, 1.54) is 13.8 Å². The minimum Gasteiger partial charge on any atom is -0.393 e. The third kappa shape index (κ3) is 25.3. The Labute approximate surface area is 505 Å². The number of nitrogens with one attached hydrogen (secondary N) is 7. The third-order valence-corrected chi connectivity index (χ3v) is 16.2. The molecule has 13 atom stereocenters. The van der Waals surface area contributed by atoms with E-state index in [2.05, 4.69) is 37.2 Å². The summed E-state index contributed by atoms with van der Waals surface area (Å²) in [6, 6.07) is 0.678. The van der Waals surface area contributed by atoms with Crippen LogP contribution in [0.1, 0.15) is 142 Å². The number of rotatable bonds is 28. The van der Waals surface area contributed by atoms with E-state index >= 15 is 0 Å². The van der Waals surface area contributed by atoms with Gasteiger partial charge >= 0.3 is 0 Å². The molecule has 26 nitrogen and oxygen atoms in total. The molecule has 1 heterocycles. The molecule has 0 radical (unpaired) electrons. The van der Waals surface area contributed by atoms with Crippen molar-refractivity contribution < 1.29 is 63.0 Å². The van der Waals surface area contributed by atoms with E-state index in [0.29, 0.717) is 5.56 Å². The summed E-state index contributed by atoms with van der Waals surface area (Å²) in [5, 5.41) is 40.5. The predicted octanol–water partition coefficient (Wildman–Crippen LogP) is -2.19. The Balaban J connectivity index is 2.06. The molecular formula is C60H101N13O13. The maximum absolute atomic E-state index is 14.7. The molecule has 1 saturated carbocycles. The zero-order chi connectivity index (χ0) is 64.0. The van der Waals surface area contributed by atoms with Gasteiger partial charge in [0.2, 0.25) is 41.4 Å². The Morgan fingerprint density at radius 1 is 0.593 bits per heavy atom. The van der Waals surface area contributed by atoms with Gasteiger partial charge in [-0.05, 0) is 128 Å². The first-order chi connectivity index (χ1) is 40.9. The van der Waals surface area contributed by atoms with Crippen LogP contribution in [0.4, 0.5) is 0 Å². The molecule has 7 amide bonds. The summed E-state index contributed by atoms with van der Waals surface area (Å²) in [6.07, 6.45) is -0.891. The van der Waals surface area contributed by atoms with Crippen LogP contribution in [0.3, 0.4) is 0 Å². The highest BCUT2D eigenvalue weighted by Gasteiger charge is 2.38. The van der Waals surface area contributed by atoms with Gasteiger partial charge in [-0.2, -0.15) is 0 Å². The first-order valence-electron chi connectivity index (χ1n) is 30.7. The highest BCUT2D eigenvalue weighted by atomic mass is 16.3. The van der Waals surface area contributed by atoms with Gasteiger partial charge < -0.3 is 81.8 Å². The van der Waals surface area contributed by atoms with Crippen molar-refractivity contribution in [3.05, 3.63) is 35.9 Å². The zero-order valence-corrected chi connectivity index (χ0v) is 50.9. The molecule has 1 saturated heterocycles. The van der Waals surface area contributed by atoms with Crippen LogP contribution in [0, 0.1) is 35.5 Å². The molecule has 484 valence electrons. The molecule has 2 aliphatic rings. The van der Waals surface area contributed by atoms with E-state index in [1.807, 2.05) is 13.8 Å². The van der Waals surface area contributed by atoms with Crippen molar-refractivity contribution in [2.24, 2.45) is 69.9 Å². The SMILES string of the molecule is CC(C)C[C@@H]1NC(=O)[C@@H](Cc2ccccc2)CC(=O)[C@H](CCN)NC(=O)[C@@H](CC(=O)[C@H](CCN)NC(=O)[C@@H](CC(=O)[C@H](CCN)NC(=O)CC(N)C2CCCCC2)C(C)O)CCNC(=O)[C@H](C(C)O)CC(=O)[C@H](CCN)NC(=O)[C@H](CCN)NC1=O. The van der Waals surface area contributed by atoms with Crippen LogP contribution < -0.4 is 71.6 Å². The number of ketones is 4. The lowest BCUT2D eigenvalue weighted by Crippen LogP contribution is -2.57. The molecule has 1 aromatic rings. The first kappa shape index (κ1) is 74.1. The Morgan fingerprint density at radius 3 is 1.67 bits per heavy atom. The van der Waals surface area contributed by atoms with E-state index < -0.39 is 168 Å². The van der Waals surface area contributed by atoms with Crippen LogP contribution in [0.25, 0.3) is 0 Å². The number of carbonyl (C=O) groups is 11. The van der Waals surface area contributed by atoms with E-state index in [1.54, 1.807) is 30.3 Å². The van der Waals surface area contributed by atoms with Crippen molar-refractivity contribution in [2.45, 2.75) is 198 Å². The first-order valence-corrected chi connectivity index (χ1v) is 30.7. The van der Waals surface area contributed by atoms with Crippen LogP contribution in [-0.2, 0) is 59.2 Å². The van der Waals surface area contributed by atoms with Crippen LogP contribution in [0.5, 0.6) is 0 Å². The number of amides is 7. The summed E-state index contributed by atoms with van der Waals surface area (Å²) in [4.78, 5) is 155. The van der Waals surface area contributed by atoms with E-state index in [4.69, 9.17) is 34.4 Å². The van der Waals surface area contributed by atoms with Crippen molar-refractivity contribution in [1.29, 1.82) is 0 Å². The number of Topliss-reactive ketones (excluding diaryl/α,β-unsaturated/α-hetero) is 4. The van der Waals surface area contributed by atoms with Gasteiger partial charge in [0.1, 0.15) is 12.1 Å². The van der Waals surface area contributed by atoms with Crippen molar-refractivity contribution >= 4 is 64.5 Å². The second kappa shape index (κ2) is 38.9. The van der Waals surface area contributed by atoms with Crippen molar-refractivity contribution in [3.8, 4) is 0 Å². The minimum absolute atomic E-state index is 0.00360. The normalized spacial score (nSPS) is 24.3. The van der Waals surface area contributed by atoms with Gasteiger partial charge in [0.05, 0.1) is 48.2 Å². The van der Waals surface area contributed by atoms with Gasteiger partial charge in [0.25, 0.3) is 0 Å². The smallest absolute Gasteiger partial charge is 0.243 e. The second-order valence-electron chi connectivity index (χ2n) is 23.7. The maximum Gasteiger partial charge on any atom is 0.243 e. The van der Waals surface area contributed by atoms with Gasteiger partial charge in [-0.1, -0.05) is 63.4 Å². The highest BCUT2D eigenvalue weighted by molar-refractivity contribution is 5.99. The topological polar surface area (TPSA) is 469 Å². The zero-order valence-electron chi connectivity index (χ0n) is 50.9. The molecule has 86 heavy (non-hydrogen) atoms. The Morgan fingerprint density at radius 2 is 1.12 bits per heavy atom. The fourth-order valence-electron chi connectivity index (χ4n) is 11.1. The van der Waals surface area contributed by atoms with Crippen molar-refractivity contribution in [3.63, 3.8) is 0 Å². The van der Waals surface area contributed by atoms with E-state index in [9.17, 15) is 63.0 Å². The van der Waals surface area contributed by atoms with Crippen LogP contribution >= 0.6 is 0 Å². The van der Waals surface area contributed by atoms with E-state index in [-0.39, 0.29) is 109 Å². The Hall–Kier alpha value is -6.13. The lowest BCUT2D eigenvalue weighted by atomic mass is 9.83. The predicted molar refractivity (Wildman–Crippen MR) is 322 cm³/mol. The number of benzene rings is 1. The molecule has 0 bridgehead atoms. The molecule has 0 aromatic heterocycles. The Kier molecular flexibility index (Phi) is 33.5. The summed E-state index contributed by atoms with van der Waals surface area (Å²) in [5.74, 6) is -13.3. The molecule has 3 rings (SSSR count). The van der Waals surface area contributed by atoms with E-state index in [0.717, 1.165) is 32.1 Å². The summed E-state index contributed by atoms with van der Waals surface area (Å²) in [7, 11) is 0. The van der Waals surface area contributed by atoms with Crippen LogP contribution in [0.2, 0.25) is 0 Å². The average Bonchev–Trinajstić information content (AvgIpc) is 3.62. The fraction of sp³-hybridized carbons (Fsp3) is 0.717. The molecule has 1 aromatic carbocycles. The standard InChI is InChI=1S/C60H101N13O13/c1-34(2)27-49-60(86)72-48(19-25-65)59(85)71-47(18-24-64)53(79)31-41(35(3)74)57(83)67-26-20-39(55(81)69-45(16-22-62)51(77)30-40(56(82)73-49)28-37-11-7-5-8-12-37)29-50(76)46(17-23-63)70-58(84)42(36(4)75)32-52(78)44(15-21-61)68-54(80)33-43(66)38-13-9-6-10-14-38/h5,7-8,11-12,34-36,38-49,74-75H,6,9-10,13-33,61-66H2,1-4H3,(H,67,83)(H,68,80)(H,69,81)(H,70,84)(H,71,85)(H,72,86)(H,73,82)/t35?,36?,39-,40+,41+,42+,43?,44+,45+,46+,47+,48+,49+/m1/s1. The number of hydrogen-bond acceptors (Lipinski definition) is 19. The number of aliphatic hydroxyl groups excluding tert-OH is 2. The highest BCUT2D eigenvalue weighted by Crippen LogP contribution is 2.27. The molecule has 26 heteroatoms.